The summed E-state index contributed by atoms with van der Waals surface area (Å²) < 4.78 is 13.3. The molecule has 0 aromatic heterocycles. The molecule has 3 rings (SSSR count). The number of nitriles is 1. The zero-order valence-corrected chi connectivity index (χ0v) is 9.94. The highest BCUT2D eigenvalue weighted by atomic mass is 19.1. The van der Waals surface area contributed by atoms with Crippen LogP contribution in [-0.2, 0) is 0 Å². The topological polar surface area (TPSA) is 27.0 Å². The molecule has 1 fully saturated rings. The SMILES string of the molecule is N#Cc1ccc(N2CCC(F)C2)c2ccccc12. The molecular weight excluding hydrogens is 227 g/mol. The highest BCUT2D eigenvalue weighted by molar-refractivity contribution is 5.97. The molecular formula is C15H13FN2. The smallest absolute Gasteiger partial charge is 0.119 e. The molecule has 1 saturated heterocycles. The molecule has 18 heavy (non-hydrogen) atoms. The fourth-order valence-electron chi connectivity index (χ4n) is 2.59. The minimum atomic E-state index is -0.737. The molecule has 0 saturated carbocycles. The Balaban J connectivity index is 2.17. The van der Waals surface area contributed by atoms with Gasteiger partial charge in [0.15, 0.2) is 0 Å². The predicted molar refractivity (Wildman–Crippen MR) is 70.4 cm³/mol. The van der Waals surface area contributed by atoms with Crippen molar-refractivity contribution in [2.45, 2.75) is 12.6 Å². The zero-order valence-electron chi connectivity index (χ0n) is 9.94. The Kier molecular flexibility index (Phi) is 2.64. The van der Waals surface area contributed by atoms with Crippen molar-refractivity contribution in [2.75, 3.05) is 18.0 Å². The number of fused-ring (bicyclic) bond motifs is 1. The third kappa shape index (κ3) is 1.70. The molecule has 1 unspecified atom stereocenters. The van der Waals surface area contributed by atoms with Crippen LogP contribution in [0.15, 0.2) is 36.4 Å². The number of hydrogen-bond donors (Lipinski definition) is 0. The van der Waals surface area contributed by atoms with E-state index in [1.165, 1.54) is 0 Å². The fourth-order valence-corrected chi connectivity index (χ4v) is 2.59. The van der Waals surface area contributed by atoms with Crippen LogP contribution in [0.4, 0.5) is 10.1 Å². The summed E-state index contributed by atoms with van der Waals surface area (Å²) in [7, 11) is 0. The van der Waals surface area contributed by atoms with Crippen LogP contribution in [-0.4, -0.2) is 19.3 Å². The second-order valence-electron chi connectivity index (χ2n) is 4.62. The number of halogens is 1. The lowest BCUT2D eigenvalue weighted by Gasteiger charge is -2.20. The van der Waals surface area contributed by atoms with E-state index in [4.69, 9.17) is 5.26 Å². The van der Waals surface area contributed by atoms with E-state index in [1.807, 2.05) is 36.4 Å². The number of anilines is 1. The first kappa shape index (κ1) is 11.0. The first-order chi connectivity index (χ1) is 8.79. The molecule has 3 heteroatoms. The summed E-state index contributed by atoms with van der Waals surface area (Å²) in [4.78, 5) is 2.06. The summed E-state index contributed by atoms with van der Waals surface area (Å²) >= 11 is 0. The molecule has 0 aliphatic carbocycles. The van der Waals surface area contributed by atoms with Crippen LogP contribution < -0.4 is 4.90 Å². The van der Waals surface area contributed by atoms with Gasteiger partial charge in [0.05, 0.1) is 11.6 Å². The summed E-state index contributed by atoms with van der Waals surface area (Å²) in [5.41, 5.74) is 1.70. The van der Waals surface area contributed by atoms with Gasteiger partial charge in [-0.05, 0) is 18.6 Å². The molecule has 0 amide bonds. The van der Waals surface area contributed by atoms with E-state index in [-0.39, 0.29) is 0 Å². The molecule has 1 heterocycles. The fraction of sp³-hybridized carbons (Fsp3) is 0.267. The maximum absolute atomic E-state index is 13.3. The van der Waals surface area contributed by atoms with Crippen LogP contribution in [0.3, 0.4) is 0 Å². The van der Waals surface area contributed by atoms with Crippen molar-refractivity contribution in [1.29, 1.82) is 5.26 Å². The quantitative estimate of drug-likeness (QED) is 0.765. The number of benzene rings is 2. The van der Waals surface area contributed by atoms with E-state index in [0.29, 0.717) is 18.5 Å². The Hall–Kier alpha value is -2.08. The standard InChI is InChI=1S/C15H13FN2/c16-12-7-8-18(10-12)15-6-5-11(9-17)13-3-1-2-4-14(13)15/h1-6,12H,7-8,10H2. The summed E-state index contributed by atoms with van der Waals surface area (Å²) in [6.45, 7) is 1.20. The van der Waals surface area contributed by atoms with Gasteiger partial charge in [0.2, 0.25) is 0 Å². The highest BCUT2D eigenvalue weighted by Gasteiger charge is 2.23. The first-order valence-corrected chi connectivity index (χ1v) is 6.10. The third-order valence-corrected chi connectivity index (χ3v) is 3.49. The number of rotatable bonds is 1. The Morgan fingerprint density at radius 2 is 1.94 bits per heavy atom. The average Bonchev–Trinajstić information content (AvgIpc) is 2.84. The number of alkyl halides is 1. The summed E-state index contributed by atoms with van der Waals surface area (Å²) in [6.07, 6.45) is -0.145. The molecule has 0 bridgehead atoms. The van der Waals surface area contributed by atoms with Crippen molar-refractivity contribution in [1.82, 2.24) is 0 Å². The van der Waals surface area contributed by atoms with Gasteiger partial charge in [-0.15, -0.1) is 0 Å². The van der Waals surface area contributed by atoms with Gasteiger partial charge in [-0.1, -0.05) is 24.3 Å². The molecule has 2 aromatic rings. The number of nitrogens with zero attached hydrogens (tertiary/aromatic N) is 2. The van der Waals surface area contributed by atoms with Crippen molar-refractivity contribution >= 4 is 16.5 Å². The summed E-state index contributed by atoms with van der Waals surface area (Å²) in [5.74, 6) is 0. The molecule has 0 radical (unpaired) electrons. The van der Waals surface area contributed by atoms with Crippen molar-refractivity contribution in [2.24, 2.45) is 0 Å². The lowest BCUT2D eigenvalue weighted by atomic mass is 10.0. The van der Waals surface area contributed by atoms with Gasteiger partial charge in [0, 0.05) is 29.5 Å². The molecule has 1 aliphatic rings. The van der Waals surface area contributed by atoms with Gasteiger partial charge in [0.25, 0.3) is 0 Å². The van der Waals surface area contributed by atoms with Gasteiger partial charge >= 0.3 is 0 Å². The van der Waals surface area contributed by atoms with E-state index >= 15 is 0 Å². The van der Waals surface area contributed by atoms with Gasteiger partial charge < -0.3 is 4.90 Å². The van der Waals surface area contributed by atoms with Crippen molar-refractivity contribution < 1.29 is 4.39 Å². The van der Waals surface area contributed by atoms with Crippen LogP contribution in [0.5, 0.6) is 0 Å². The highest BCUT2D eigenvalue weighted by Crippen LogP contribution is 2.31. The third-order valence-electron chi connectivity index (χ3n) is 3.49. The van der Waals surface area contributed by atoms with Crippen LogP contribution in [0, 0.1) is 11.3 Å². The van der Waals surface area contributed by atoms with E-state index in [9.17, 15) is 4.39 Å². The van der Waals surface area contributed by atoms with Gasteiger partial charge in [-0.2, -0.15) is 5.26 Å². The van der Waals surface area contributed by atoms with Gasteiger partial charge in [-0.3, -0.25) is 0 Å². The van der Waals surface area contributed by atoms with E-state index in [2.05, 4.69) is 11.0 Å². The van der Waals surface area contributed by atoms with Crippen molar-refractivity contribution in [3.8, 4) is 6.07 Å². The molecule has 1 aliphatic heterocycles. The largest absolute Gasteiger partial charge is 0.368 e. The minimum absolute atomic E-state index is 0.454. The second-order valence-corrected chi connectivity index (χ2v) is 4.62. The molecule has 1 atom stereocenters. The maximum atomic E-state index is 13.3. The van der Waals surface area contributed by atoms with Crippen LogP contribution in [0.25, 0.3) is 10.8 Å². The second kappa shape index (κ2) is 4.30. The number of hydrogen-bond acceptors (Lipinski definition) is 2. The lowest BCUT2D eigenvalue weighted by Crippen LogP contribution is -2.20. The van der Waals surface area contributed by atoms with Crippen LogP contribution in [0.1, 0.15) is 12.0 Å². The van der Waals surface area contributed by atoms with Crippen molar-refractivity contribution in [3.63, 3.8) is 0 Å². The lowest BCUT2D eigenvalue weighted by molar-refractivity contribution is 0.364. The first-order valence-electron chi connectivity index (χ1n) is 6.10. The van der Waals surface area contributed by atoms with Crippen LogP contribution in [0.2, 0.25) is 0 Å². The Bertz CT molecular complexity index is 630. The molecule has 0 N–H and O–H groups in total. The minimum Gasteiger partial charge on any atom is -0.368 e. The predicted octanol–water partition coefficient (Wildman–Crippen LogP) is 3.26. The maximum Gasteiger partial charge on any atom is 0.119 e. The summed E-state index contributed by atoms with van der Waals surface area (Å²) in [6, 6.07) is 13.8. The summed E-state index contributed by atoms with van der Waals surface area (Å²) in [5, 5.41) is 11.1. The monoisotopic (exact) mass is 240 g/mol. The van der Waals surface area contributed by atoms with Crippen LogP contribution >= 0.6 is 0 Å². The Morgan fingerprint density at radius 1 is 1.17 bits per heavy atom. The molecule has 0 spiro atoms. The van der Waals surface area contributed by atoms with Gasteiger partial charge in [0.1, 0.15) is 6.17 Å². The van der Waals surface area contributed by atoms with Gasteiger partial charge in [-0.25, -0.2) is 4.39 Å². The Labute approximate surface area is 105 Å². The van der Waals surface area contributed by atoms with E-state index < -0.39 is 6.17 Å². The van der Waals surface area contributed by atoms with Crippen molar-refractivity contribution in [3.05, 3.63) is 42.0 Å². The molecule has 2 aromatic carbocycles. The van der Waals surface area contributed by atoms with E-state index in [0.717, 1.165) is 23.0 Å². The zero-order chi connectivity index (χ0) is 12.5. The molecule has 2 nitrogen and oxygen atoms in total. The molecule has 90 valence electrons. The van der Waals surface area contributed by atoms with E-state index in [1.54, 1.807) is 0 Å². The normalized spacial score (nSPS) is 19.1. The Morgan fingerprint density at radius 3 is 2.61 bits per heavy atom. The average molecular weight is 240 g/mol.